The molecule has 0 unspecified atom stereocenters. The SMILES string of the molecule is CCc1cccc(NCc2cc(C#N)ccc2OC)c1. The maximum Gasteiger partial charge on any atom is 0.123 e. The number of methoxy groups -OCH3 is 1. The van der Waals surface area contributed by atoms with E-state index in [0.717, 1.165) is 23.4 Å². The molecule has 0 atom stereocenters. The highest BCUT2D eigenvalue weighted by Crippen LogP contribution is 2.21. The van der Waals surface area contributed by atoms with Gasteiger partial charge in [0.2, 0.25) is 0 Å². The molecule has 3 nitrogen and oxygen atoms in total. The summed E-state index contributed by atoms with van der Waals surface area (Å²) in [5.74, 6) is 0.795. The lowest BCUT2D eigenvalue weighted by Crippen LogP contribution is -2.02. The second kappa shape index (κ2) is 6.63. The van der Waals surface area contributed by atoms with E-state index in [-0.39, 0.29) is 0 Å². The first-order valence-corrected chi connectivity index (χ1v) is 6.66. The molecule has 0 spiro atoms. The summed E-state index contributed by atoms with van der Waals surface area (Å²) in [6.45, 7) is 2.77. The van der Waals surface area contributed by atoms with E-state index in [4.69, 9.17) is 10.00 Å². The van der Waals surface area contributed by atoms with E-state index in [0.29, 0.717) is 12.1 Å². The Labute approximate surface area is 119 Å². The second-order valence-electron chi connectivity index (χ2n) is 4.55. The van der Waals surface area contributed by atoms with E-state index in [1.807, 2.05) is 24.3 Å². The molecular weight excluding hydrogens is 248 g/mol. The minimum Gasteiger partial charge on any atom is -0.496 e. The molecule has 0 heterocycles. The number of ether oxygens (including phenoxy) is 1. The molecule has 0 radical (unpaired) electrons. The van der Waals surface area contributed by atoms with Crippen molar-refractivity contribution in [1.29, 1.82) is 5.26 Å². The van der Waals surface area contributed by atoms with Crippen molar-refractivity contribution >= 4 is 5.69 Å². The molecule has 2 rings (SSSR count). The molecule has 0 fully saturated rings. The molecule has 3 heteroatoms. The zero-order chi connectivity index (χ0) is 14.4. The van der Waals surface area contributed by atoms with Crippen molar-refractivity contribution in [1.82, 2.24) is 0 Å². The Morgan fingerprint density at radius 3 is 2.75 bits per heavy atom. The molecule has 0 aromatic heterocycles. The van der Waals surface area contributed by atoms with Gasteiger partial charge in [-0.3, -0.25) is 0 Å². The Balaban J connectivity index is 2.15. The number of rotatable bonds is 5. The van der Waals surface area contributed by atoms with Gasteiger partial charge >= 0.3 is 0 Å². The van der Waals surface area contributed by atoms with Crippen LogP contribution < -0.4 is 10.1 Å². The number of nitrogens with zero attached hydrogens (tertiary/aromatic N) is 1. The molecule has 0 saturated carbocycles. The van der Waals surface area contributed by atoms with Gasteiger partial charge in [0.1, 0.15) is 5.75 Å². The van der Waals surface area contributed by atoms with Crippen LogP contribution in [0.4, 0.5) is 5.69 Å². The van der Waals surface area contributed by atoms with Gasteiger partial charge in [-0.05, 0) is 42.3 Å². The van der Waals surface area contributed by atoms with Crippen molar-refractivity contribution in [3.63, 3.8) is 0 Å². The van der Waals surface area contributed by atoms with Crippen LogP contribution in [0.15, 0.2) is 42.5 Å². The molecule has 2 aromatic rings. The zero-order valence-corrected chi connectivity index (χ0v) is 11.8. The van der Waals surface area contributed by atoms with E-state index in [1.165, 1.54) is 5.56 Å². The van der Waals surface area contributed by atoms with Crippen LogP contribution >= 0.6 is 0 Å². The fraction of sp³-hybridized carbons (Fsp3) is 0.235. The van der Waals surface area contributed by atoms with Gasteiger partial charge in [-0.2, -0.15) is 5.26 Å². The lowest BCUT2D eigenvalue weighted by molar-refractivity contribution is 0.410. The van der Waals surface area contributed by atoms with Gasteiger partial charge in [-0.25, -0.2) is 0 Å². The first kappa shape index (κ1) is 14.0. The van der Waals surface area contributed by atoms with Gasteiger partial charge in [0.05, 0.1) is 18.7 Å². The quantitative estimate of drug-likeness (QED) is 0.896. The van der Waals surface area contributed by atoms with E-state index in [2.05, 4.69) is 30.4 Å². The van der Waals surface area contributed by atoms with Gasteiger partial charge in [0.15, 0.2) is 0 Å². The highest BCUT2D eigenvalue weighted by atomic mass is 16.5. The molecule has 102 valence electrons. The molecule has 0 bridgehead atoms. The smallest absolute Gasteiger partial charge is 0.123 e. The summed E-state index contributed by atoms with van der Waals surface area (Å²) in [6, 6.07) is 15.9. The Hall–Kier alpha value is -2.47. The number of hydrogen-bond acceptors (Lipinski definition) is 3. The summed E-state index contributed by atoms with van der Waals surface area (Å²) >= 11 is 0. The molecule has 20 heavy (non-hydrogen) atoms. The standard InChI is InChI=1S/C17H18N2O/c1-3-13-5-4-6-16(10-13)19-12-15-9-14(11-18)7-8-17(15)20-2/h4-10,19H,3,12H2,1-2H3. The predicted molar refractivity (Wildman–Crippen MR) is 80.9 cm³/mol. The first-order chi connectivity index (χ1) is 9.76. The molecule has 0 aliphatic heterocycles. The number of anilines is 1. The van der Waals surface area contributed by atoms with Crippen molar-refractivity contribution in [3.05, 3.63) is 59.2 Å². The lowest BCUT2D eigenvalue weighted by atomic mass is 10.1. The maximum absolute atomic E-state index is 8.97. The summed E-state index contributed by atoms with van der Waals surface area (Å²) in [6.07, 6.45) is 1.02. The Kier molecular flexibility index (Phi) is 4.62. The van der Waals surface area contributed by atoms with E-state index in [9.17, 15) is 0 Å². The number of aryl methyl sites for hydroxylation is 1. The largest absolute Gasteiger partial charge is 0.496 e. The van der Waals surface area contributed by atoms with Gasteiger partial charge in [-0.15, -0.1) is 0 Å². The van der Waals surface area contributed by atoms with Crippen LogP contribution in [0.25, 0.3) is 0 Å². The van der Waals surface area contributed by atoms with Crippen molar-refractivity contribution in [2.45, 2.75) is 19.9 Å². The molecule has 0 aliphatic carbocycles. The third-order valence-corrected chi connectivity index (χ3v) is 3.23. The molecular formula is C17H18N2O. The number of hydrogen-bond donors (Lipinski definition) is 1. The number of benzene rings is 2. The van der Waals surface area contributed by atoms with Crippen LogP contribution in [0.3, 0.4) is 0 Å². The fourth-order valence-corrected chi connectivity index (χ4v) is 2.08. The monoisotopic (exact) mass is 266 g/mol. The maximum atomic E-state index is 8.97. The van der Waals surface area contributed by atoms with Crippen LogP contribution in [0.5, 0.6) is 5.75 Å². The minimum absolute atomic E-state index is 0.631. The Morgan fingerprint density at radius 1 is 1.20 bits per heavy atom. The lowest BCUT2D eigenvalue weighted by Gasteiger charge is -2.11. The minimum atomic E-state index is 0.631. The predicted octanol–water partition coefficient (Wildman–Crippen LogP) is 3.74. The van der Waals surface area contributed by atoms with E-state index in [1.54, 1.807) is 13.2 Å². The van der Waals surface area contributed by atoms with Gasteiger partial charge in [0, 0.05) is 17.8 Å². The topological polar surface area (TPSA) is 45.0 Å². The third-order valence-electron chi connectivity index (χ3n) is 3.23. The summed E-state index contributed by atoms with van der Waals surface area (Å²) in [5.41, 5.74) is 4.00. The van der Waals surface area contributed by atoms with Crippen molar-refractivity contribution in [2.75, 3.05) is 12.4 Å². The van der Waals surface area contributed by atoms with Crippen LogP contribution in [0.1, 0.15) is 23.6 Å². The van der Waals surface area contributed by atoms with Gasteiger partial charge in [-0.1, -0.05) is 19.1 Å². The average molecular weight is 266 g/mol. The molecule has 0 aliphatic rings. The number of nitrogens with one attached hydrogen (secondary N) is 1. The molecule has 2 aromatic carbocycles. The van der Waals surface area contributed by atoms with Crippen molar-refractivity contribution in [3.8, 4) is 11.8 Å². The third kappa shape index (κ3) is 3.30. The zero-order valence-electron chi connectivity index (χ0n) is 11.8. The number of nitriles is 1. The summed E-state index contributed by atoms with van der Waals surface area (Å²) in [4.78, 5) is 0. The van der Waals surface area contributed by atoms with Crippen LogP contribution in [0.2, 0.25) is 0 Å². The highest BCUT2D eigenvalue weighted by molar-refractivity contribution is 5.49. The highest BCUT2D eigenvalue weighted by Gasteiger charge is 2.04. The van der Waals surface area contributed by atoms with Crippen LogP contribution in [0, 0.1) is 11.3 Å². The van der Waals surface area contributed by atoms with Crippen molar-refractivity contribution in [2.24, 2.45) is 0 Å². The van der Waals surface area contributed by atoms with Crippen LogP contribution in [-0.2, 0) is 13.0 Å². The molecule has 1 N–H and O–H groups in total. The van der Waals surface area contributed by atoms with Crippen LogP contribution in [-0.4, -0.2) is 7.11 Å². The summed E-state index contributed by atoms with van der Waals surface area (Å²) in [7, 11) is 1.64. The molecule has 0 amide bonds. The summed E-state index contributed by atoms with van der Waals surface area (Å²) in [5, 5.41) is 12.3. The van der Waals surface area contributed by atoms with Crippen molar-refractivity contribution < 1.29 is 4.74 Å². The first-order valence-electron chi connectivity index (χ1n) is 6.66. The Bertz CT molecular complexity index is 629. The van der Waals surface area contributed by atoms with E-state index >= 15 is 0 Å². The Morgan fingerprint density at radius 2 is 2.05 bits per heavy atom. The second-order valence-corrected chi connectivity index (χ2v) is 4.55. The summed E-state index contributed by atoms with van der Waals surface area (Å²) < 4.78 is 5.33. The van der Waals surface area contributed by atoms with Gasteiger partial charge in [0.25, 0.3) is 0 Å². The molecule has 0 saturated heterocycles. The normalized spacial score (nSPS) is 9.85. The fourth-order valence-electron chi connectivity index (χ4n) is 2.08. The average Bonchev–Trinajstić information content (AvgIpc) is 2.52. The van der Waals surface area contributed by atoms with Gasteiger partial charge < -0.3 is 10.1 Å². The van der Waals surface area contributed by atoms with E-state index < -0.39 is 0 Å².